The van der Waals surface area contributed by atoms with Gasteiger partial charge in [0.25, 0.3) is 0 Å². The van der Waals surface area contributed by atoms with Crippen molar-refractivity contribution in [3.63, 3.8) is 0 Å². The van der Waals surface area contributed by atoms with Crippen LogP contribution in [0.25, 0.3) is 11.1 Å². The van der Waals surface area contributed by atoms with Gasteiger partial charge in [-0.3, -0.25) is 10.8 Å². The van der Waals surface area contributed by atoms with E-state index in [1.807, 2.05) is 24.3 Å². The molecule has 13 heteroatoms. The predicted molar refractivity (Wildman–Crippen MR) is 150 cm³/mol. The first-order valence-electron chi connectivity index (χ1n) is 13.5. The minimum absolute atomic E-state index is 0.0674. The van der Waals surface area contributed by atoms with E-state index < -0.39 is 61.5 Å². The maximum atomic E-state index is 11.0. The number of hydrogen-bond acceptors (Lipinski definition) is 13. The summed E-state index contributed by atoms with van der Waals surface area (Å²) in [5.74, 6) is -0.317. The topological polar surface area (TPSA) is 226 Å². The fourth-order valence-corrected chi connectivity index (χ4v) is 5.03. The molecule has 2 aliphatic heterocycles. The van der Waals surface area contributed by atoms with Crippen molar-refractivity contribution in [3.8, 4) is 16.9 Å². The Labute approximate surface area is 243 Å². The van der Waals surface area contributed by atoms with Crippen molar-refractivity contribution in [3.05, 3.63) is 54.1 Å². The molecule has 2 fully saturated rings. The third kappa shape index (κ3) is 8.10. The number of rotatable bonds is 8. The van der Waals surface area contributed by atoms with Crippen molar-refractivity contribution in [2.75, 3.05) is 20.3 Å². The van der Waals surface area contributed by atoms with Crippen LogP contribution in [0.4, 0.5) is 0 Å². The number of ether oxygens (including phenoxy) is 4. The zero-order valence-corrected chi connectivity index (χ0v) is 23.4. The van der Waals surface area contributed by atoms with Crippen molar-refractivity contribution in [2.24, 2.45) is 5.92 Å². The van der Waals surface area contributed by atoms with Crippen LogP contribution in [0.15, 0.2) is 48.5 Å². The van der Waals surface area contributed by atoms with E-state index in [4.69, 9.17) is 34.9 Å². The Morgan fingerprint density at radius 2 is 1.36 bits per heavy atom. The molecule has 2 aliphatic rings. The van der Waals surface area contributed by atoms with Gasteiger partial charge in [0, 0.05) is 19.6 Å². The summed E-state index contributed by atoms with van der Waals surface area (Å²) in [7, 11) is 1.00. The van der Waals surface area contributed by atoms with Crippen molar-refractivity contribution in [2.45, 2.75) is 68.8 Å². The highest BCUT2D eigenvalue weighted by Crippen LogP contribution is 2.34. The second-order valence-electron chi connectivity index (χ2n) is 10.1. The minimum atomic E-state index is -1.52. The molecule has 2 aromatic carbocycles. The Morgan fingerprint density at radius 3 is 1.90 bits per heavy atom. The average Bonchev–Trinajstić information content (AvgIpc) is 3.00. The van der Waals surface area contributed by atoms with Crippen molar-refractivity contribution < 1.29 is 54.7 Å². The Balaban J connectivity index is 0.00000237. The summed E-state index contributed by atoms with van der Waals surface area (Å²) in [5.41, 5.74) is 2.28. The lowest BCUT2D eigenvalue weighted by Gasteiger charge is -2.44. The monoisotopic (exact) mass is 592 g/mol. The molecule has 2 saturated heterocycles. The van der Waals surface area contributed by atoms with Gasteiger partial charge in [-0.1, -0.05) is 24.3 Å². The molecule has 0 spiro atoms. The number of nitrogens with one attached hydrogen (secondary N) is 2. The molecule has 0 aliphatic carbocycles. The van der Waals surface area contributed by atoms with Crippen LogP contribution in [0.3, 0.4) is 0 Å². The molecular formula is C29H40N2O11. The van der Waals surface area contributed by atoms with Crippen LogP contribution in [0.1, 0.15) is 25.3 Å². The number of benzene rings is 2. The quantitative estimate of drug-likeness (QED) is 0.146. The second kappa shape index (κ2) is 15.5. The van der Waals surface area contributed by atoms with Crippen LogP contribution in [0.2, 0.25) is 0 Å². The summed E-state index contributed by atoms with van der Waals surface area (Å²) in [6, 6.07) is 14.1. The van der Waals surface area contributed by atoms with Gasteiger partial charge in [-0.2, -0.15) is 0 Å². The van der Waals surface area contributed by atoms with Gasteiger partial charge in [-0.05, 0) is 54.2 Å². The van der Waals surface area contributed by atoms with Gasteiger partial charge < -0.3 is 54.7 Å². The summed E-state index contributed by atoms with van der Waals surface area (Å²) in [6.07, 6.45) is -9.08. The van der Waals surface area contributed by atoms with Crippen LogP contribution in [0, 0.1) is 16.7 Å². The lowest BCUT2D eigenvalue weighted by atomic mass is 9.83. The molecule has 0 amide bonds. The fraction of sp³-hybridized carbons (Fsp3) is 0.517. The molecule has 2 aromatic rings. The lowest BCUT2D eigenvalue weighted by Crippen LogP contribution is -2.59. The van der Waals surface area contributed by atoms with E-state index in [0.717, 1.165) is 18.2 Å². The molecule has 2 heterocycles. The third-order valence-electron chi connectivity index (χ3n) is 7.23. The van der Waals surface area contributed by atoms with E-state index in [1.54, 1.807) is 24.3 Å². The second-order valence-corrected chi connectivity index (χ2v) is 10.1. The summed E-state index contributed by atoms with van der Waals surface area (Å²) < 4.78 is 22.3. The predicted octanol–water partition coefficient (Wildman–Crippen LogP) is -0.00306. The largest absolute Gasteiger partial charge is 0.462 e. The zero-order valence-electron chi connectivity index (χ0n) is 23.4. The Bertz CT molecular complexity index is 1150. The molecule has 4 rings (SSSR count). The molecule has 0 bridgehead atoms. The van der Waals surface area contributed by atoms with Crippen LogP contribution in [0.5, 0.6) is 5.75 Å². The van der Waals surface area contributed by atoms with Gasteiger partial charge in [-0.25, -0.2) is 0 Å². The Hall–Kier alpha value is -2.98. The van der Waals surface area contributed by atoms with E-state index >= 15 is 0 Å². The lowest BCUT2D eigenvalue weighted by molar-refractivity contribution is -0.253. The molecule has 9 atom stereocenters. The van der Waals surface area contributed by atoms with E-state index in [1.165, 1.54) is 6.92 Å². The number of aliphatic hydroxyl groups excluding tert-OH is 7. The van der Waals surface area contributed by atoms with Crippen LogP contribution >= 0.6 is 0 Å². The number of hydrogen-bond donors (Lipinski definition) is 9. The van der Waals surface area contributed by atoms with Gasteiger partial charge in [0.2, 0.25) is 12.2 Å². The van der Waals surface area contributed by atoms with Gasteiger partial charge in [0.15, 0.2) is 5.90 Å². The Kier molecular flexibility index (Phi) is 12.4. The molecular weight excluding hydrogens is 552 g/mol. The third-order valence-corrected chi connectivity index (χ3v) is 7.23. The standard InChI is InChI=1S/C28H36N2O10.CH4O/c1-14(29)37-27(30)17-4-2-15(3-5-17)16-6-8-19(9-7-16)38-28-23(33)18(10-20(12-31)39-28)11-21-24(34)26(36)25(35)22(13-32)40-21;1-2/h2-9,18,20-26,28-36H,10-13H2,1H3;2H,1H3/t18?,20?,21-,22?,23?,24?,25-,26?,28+;/m1./s1. The van der Waals surface area contributed by atoms with Crippen molar-refractivity contribution in [1.82, 2.24) is 0 Å². The zero-order chi connectivity index (χ0) is 31.0. The van der Waals surface area contributed by atoms with Crippen molar-refractivity contribution in [1.29, 1.82) is 10.8 Å². The first kappa shape index (κ1) is 33.5. The van der Waals surface area contributed by atoms with E-state index in [0.29, 0.717) is 11.3 Å². The molecule has 13 nitrogen and oxygen atoms in total. The summed E-state index contributed by atoms with van der Waals surface area (Å²) in [4.78, 5) is 0. The smallest absolute Gasteiger partial charge is 0.226 e. The number of aliphatic hydroxyl groups is 7. The van der Waals surface area contributed by atoms with Crippen LogP contribution in [-0.2, 0) is 14.2 Å². The van der Waals surface area contributed by atoms with Gasteiger partial charge in [0.05, 0.1) is 25.4 Å². The van der Waals surface area contributed by atoms with Gasteiger partial charge in [-0.15, -0.1) is 0 Å². The van der Waals surface area contributed by atoms with Gasteiger partial charge in [0.1, 0.15) is 36.3 Å². The van der Waals surface area contributed by atoms with E-state index in [-0.39, 0.29) is 31.2 Å². The fourth-order valence-electron chi connectivity index (χ4n) is 5.03. The highest BCUT2D eigenvalue weighted by atomic mass is 16.7. The molecule has 6 unspecified atom stereocenters. The maximum Gasteiger partial charge on any atom is 0.226 e. The maximum absolute atomic E-state index is 11.0. The summed E-state index contributed by atoms with van der Waals surface area (Å²) >= 11 is 0. The molecule has 0 aromatic heterocycles. The van der Waals surface area contributed by atoms with E-state index in [2.05, 4.69) is 0 Å². The normalized spacial score (nSPS) is 30.9. The van der Waals surface area contributed by atoms with Crippen LogP contribution in [-0.4, -0.2) is 117 Å². The highest BCUT2D eigenvalue weighted by molar-refractivity contribution is 5.98. The molecule has 0 radical (unpaired) electrons. The van der Waals surface area contributed by atoms with Crippen molar-refractivity contribution >= 4 is 11.8 Å². The first-order chi connectivity index (χ1) is 20.1. The molecule has 42 heavy (non-hydrogen) atoms. The van der Waals surface area contributed by atoms with Crippen LogP contribution < -0.4 is 4.74 Å². The van der Waals surface area contributed by atoms with E-state index in [9.17, 15) is 30.6 Å². The minimum Gasteiger partial charge on any atom is -0.462 e. The SMILES string of the molecule is CC(=N)OC(=N)c1ccc(-c2ccc(O[C@H]3OC(CO)CC(C[C@H]4OC(CO)[C@@H](O)C(O)C4O)C3O)cc2)cc1.CO. The highest BCUT2D eigenvalue weighted by Gasteiger charge is 2.47. The average molecular weight is 593 g/mol. The molecule has 0 saturated carbocycles. The molecule has 9 N–H and O–H groups in total. The molecule has 232 valence electrons. The Morgan fingerprint density at radius 1 is 0.786 bits per heavy atom. The summed E-state index contributed by atoms with van der Waals surface area (Å²) in [6.45, 7) is 0.578. The summed E-state index contributed by atoms with van der Waals surface area (Å²) in [5, 5.41) is 83.1. The first-order valence-corrected chi connectivity index (χ1v) is 13.5. The van der Waals surface area contributed by atoms with Gasteiger partial charge >= 0.3 is 0 Å².